The molecule has 1 N–H and O–H groups in total. The lowest BCUT2D eigenvalue weighted by Gasteiger charge is -2.47. The lowest BCUT2D eigenvalue weighted by Crippen LogP contribution is -2.57. The van der Waals surface area contributed by atoms with Crippen molar-refractivity contribution in [2.45, 2.75) is 39.2 Å². The zero-order valence-corrected chi connectivity index (χ0v) is 16.5. The number of benzene rings is 1. The Bertz CT molecular complexity index is 619. The molecule has 2 saturated heterocycles. The van der Waals surface area contributed by atoms with Gasteiger partial charge in [-0.15, -0.1) is 0 Å². The van der Waals surface area contributed by atoms with E-state index in [1.807, 2.05) is 7.05 Å². The molecule has 0 unspecified atom stereocenters. The number of hydrogen-bond donors (Lipinski definition) is 1. The number of likely N-dealkylation sites (N-methyl/N-ethyl adjacent to an activating group) is 1. The van der Waals surface area contributed by atoms with Crippen LogP contribution in [-0.2, 0) is 4.79 Å². The normalized spacial score (nSPS) is 23.8. The van der Waals surface area contributed by atoms with Crippen LogP contribution in [0.2, 0.25) is 0 Å². The summed E-state index contributed by atoms with van der Waals surface area (Å²) in [6.07, 6.45) is 2.83. The fourth-order valence-electron chi connectivity index (χ4n) is 4.25. The molecule has 26 heavy (non-hydrogen) atoms. The van der Waals surface area contributed by atoms with E-state index >= 15 is 0 Å². The number of fused-ring (bicyclic) bond motifs is 1. The molecule has 0 aromatic heterocycles. The Labute approximate surface area is 157 Å². The molecule has 0 bridgehead atoms. The third-order valence-corrected chi connectivity index (χ3v) is 5.98. The van der Waals surface area contributed by atoms with Crippen LogP contribution >= 0.6 is 0 Å². The smallest absolute Gasteiger partial charge is 0.222 e. The number of piperidine rings is 2. The first-order valence-corrected chi connectivity index (χ1v) is 9.95. The van der Waals surface area contributed by atoms with Crippen molar-refractivity contribution in [3.63, 3.8) is 0 Å². The number of nitrogens with one attached hydrogen (secondary N) is 1. The summed E-state index contributed by atoms with van der Waals surface area (Å²) in [6.45, 7) is 9.79. The Morgan fingerprint density at radius 2 is 2.04 bits per heavy atom. The summed E-state index contributed by atoms with van der Waals surface area (Å²) in [5.74, 6) is 1.91. The van der Waals surface area contributed by atoms with Gasteiger partial charge < -0.3 is 15.0 Å². The molecule has 2 aliphatic rings. The third kappa shape index (κ3) is 4.57. The SMILES string of the molecule is CNCCN1C(=O)CC[C@H]2CN(CCOc3ccc(C)c(C)c3)CC[C@H]21. The highest BCUT2D eigenvalue weighted by Gasteiger charge is 2.38. The van der Waals surface area contributed by atoms with E-state index in [0.29, 0.717) is 24.3 Å². The minimum atomic E-state index is 0.341. The van der Waals surface area contributed by atoms with E-state index in [0.717, 1.165) is 57.9 Å². The molecule has 2 heterocycles. The molecule has 0 radical (unpaired) electrons. The highest BCUT2D eigenvalue weighted by molar-refractivity contribution is 5.77. The maximum atomic E-state index is 12.3. The van der Waals surface area contributed by atoms with E-state index in [9.17, 15) is 4.79 Å². The van der Waals surface area contributed by atoms with Gasteiger partial charge in [0.2, 0.25) is 5.91 Å². The maximum Gasteiger partial charge on any atom is 0.222 e. The number of nitrogens with zero attached hydrogens (tertiary/aromatic N) is 2. The molecule has 1 aromatic rings. The Morgan fingerprint density at radius 3 is 2.81 bits per heavy atom. The van der Waals surface area contributed by atoms with Gasteiger partial charge in [-0.1, -0.05) is 6.07 Å². The van der Waals surface area contributed by atoms with Crippen molar-refractivity contribution in [1.82, 2.24) is 15.1 Å². The third-order valence-electron chi connectivity index (χ3n) is 5.98. The molecular formula is C21H33N3O2. The van der Waals surface area contributed by atoms with Crippen LogP contribution < -0.4 is 10.1 Å². The first-order chi connectivity index (χ1) is 12.6. The number of carbonyl (C=O) groups excluding carboxylic acids is 1. The van der Waals surface area contributed by atoms with Gasteiger partial charge >= 0.3 is 0 Å². The summed E-state index contributed by atoms with van der Waals surface area (Å²) in [7, 11) is 1.95. The molecule has 1 amide bonds. The first kappa shape index (κ1) is 19.2. The van der Waals surface area contributed by atoms with E-state index in [4.69, 9.17) is 4.74 Å². The average Bonchev–Trinajstić information content (AvgIpc) is 2.64. The van der Waals surface area contributed by atoms with Crippen LogP contribution in [0.1, 0.15) is 30.4 Å². The standard InChI is InChI=1S/C21H33N3O2/c1-16-4-6-19(14-17(16)2)26-13-12-23-10-8-20-18(15-23)5-7-21(25)24(20)11-9-22-3/h4,6,14,18,20,22H,5,7-13,15H2,1-3H3/t18-,20+/m0/s1. The molecule has 3 rings (SSSR count). The predicted molar refractivity (Wildman–Crippen MR) is 105 cm³/mol. The number of aryl methyl sites for hydroxylation is 2. The zero-order chi connectivity index (χ0) is 18.5. The van der Waals surface area contributed by atoms with Crippen LogP contribution in [0.5, 0.6) is 5.75 Å². The van der Waals surface area contributed by atoms with Crippen LogP contribution in [0.4, 0.5) is 0 Å². The van der Waals surface area contributed by atoms with Crippen molar-refractivity contribution < 1.29 is 9.53 Å². The van der Waals surface area contributed by atoms with Gasteiger partial charge in [0.1, 0.15) is 12.4 Å². The van der Waals surface area contributed by atoms with Gasteiger partial charge in [-0.05, 0) is 62.9 Å². The molecule has 2 aliphatic heterocycles. The van der Waals surface area contributed by atoms with Crippen LogP contribution in [0, 0.1) is 19.8 Å². The summed E-state index contributed by atoms with van der Waals surface area (Å²) >= 11 is 0. The molecule has 2 fully saturated rings. The van der Waals surface area contributed by atoms with Crippen LogP contribution in [0.15, 0.2) is 18.2 Å². The molecular weight excluding hydrogens is 326 g/mol. The summed E-state index contributed by atoms with van der Waals surface area (Å²) in [5, 5.41) is 3.17. The molecule has 5 heteroatoms. The van der Waals surface area contributed by atoms with Gasteiger partial charge in [-0.25, -0.2) is 0 Å². The summed E-state index contributed by atoms with van der Waals surface area (Å²) in [4.78, 5) is 16.9. The minimum absolute atomic E-state index is 0.341. The molecule has 2 atom stereocenters. The van der Waals surface area contributed by atoms with Crippen LogP contribution in [-0.4, -0.2) is 68.1 Å². The molecule has 0 saturated carbocycles. The van der Waals surface area contributed by atoms with Crippen LogP contribution in [0.25, 0.3) is 0 Å². The maximum absolute atomic E-state index is 12.3. The second-order valence-corrected chi connectivity index (χ2v) is 7.74. The molecule has 144 valence electrons. The monoisotopic (exact) mass is 359 g/mol. The highest BCUT2D eigenvalue weighted by atomic mass is 16.5. The molecule has 5 nitrogen and oxygen atoms in total. The lowest BCUT2D eigenvalue weighted by atomic mass is 9.83. The minimum Gasteiger partial charge on any atom is -0.492 e. The molecule has 0 aliphatic carbocycles. The van der Waals surface area contributed by atoms with Crippen molar-refractivity contribution in [3.05, 3.63) is 29.3 Å². The Hall–Kier alpha value is -1.59. The van der Waals surface area contributed by atoms with Crippen molar-refractivity contribution in [1.29, 1.82) is 0 Å². The first-order valence-electron chi connectivity index (χ1n) is 9.95. The number of ether oxygens (including phenoxy) is 1. The molecule has 0 spiro atoms. The topological polar surface area (TPSA) is 44.8 Å². The van der Waals surface area contributed by atoms with Gasteiger partial charge in [0.25, 0.3) is 0 Å². The Morgan fingerprint density at radius 1 is 1.19 bits per heavy atom. The fourth-order valence-corrected chi connectivity index (χ4v) is 4.25. The van der Waals surface area contributed by atoms with E-state index < -0.39 is 0 Å². The highest BCUT2D eigenvalue weighted by Crippen LogP contribution is 2.31. The second-order valence-electron chi connectivity index (χ2n) is 7.74. The van der Waals surface area contributed by atoms with Crippen molar-refractivity contribution in [2.24, 2.45) is 5.92 Å². The summed E-state index contributed by atoms with van der Waals surface area (Å²) in [5.41, 5.74) is 2.57. The van der Waals surface area contributed by atoms with Crippen LogP contribution in [0.3, 0.4) is 0 Å². The largest absolute Gasteiger partial charge is 0.492 e. The zero-order valence-electron chi connectivity index (χ0n) is 16.5. The predicted octanol–water partition coefficient (Wildman–Crippen LogP) is 2.21. The summed E-state index contributed by atoms with van der Waals surface area (Å²) < 4.78 is 5.96. The Balaban J connectivity index is 1.47. The van der Waals surface area contributed by atoms with Gasteiger partial charge in [-0.2, -0.15) is 0 Å². The van der Waals surface area contributed by atoms with E-state index in [2.05, 4.69) is 47.2 Å². The van der Waals surface area contributed by atoms with E-state index in [-0.39, 0.29) is 0 Å². The van der Waals surface area contributed by atoms with E-state index in [1.165, 1.54) is 11.1 Å². The number of likely N-dealkylation sites (tertiary alicyclic amines) is 2. The number of hydrogen-bond acceptors (Lipinski definition) is 4. The summed E-state index contributed by atoms with van der Waals surface area (Å²) in [6, 6.07) is 6.73. The van der Waals surface area contributed by atoms with Gasteiger partial charge in [-0.3, -0.25) is 9.69 Å². The van der Waals surface area contributed by atoms with Crippen molar-refractivity contribution in [2.75, 3.05) is 46.4 Å². The van der Waals surface area contributed by atoms with Gasteiger partial charge in [0.15, 0.2) is 0 Å². The lowest BCUT2D eigenvalue weighted by molar-refractivity contribution is -0.141. The van der Waals surface area contributed by atoms with Gasteiger partial charge in [0, 0.05) is 45.2 Å². The fraction of sp³-hybridized carbons (Fsp3) is 0.667. The average molecular weight is 360 g/mol. The van der Waals surface area contributed by atoms with Crippen molar-refractivity contribution in [3.8, 4) is 5.75 Å². The van der Waals surface area contributed by atoms with Crippen molar-refractivity contribution >= 4 is 5.91 Å². The van der Waals surface area contributed by atoms with Gasteiger partial charge in [0.05, 0.1) is 0 Å². The molecule has 1 aromatic carbocycles. The number of rotatable bonds is 7. The number of carbonyl (C=O) groups is 1. The second kappa shape index (κ2) is 8.87. The Kier molecular flexibility index (Phi) is 6.54. The quantitative estimate of drug-likeness (QED) is 0.811. The number of amides is 1. The van der Waals surface area contributed by atoms with E-state index in [1.54, 1.807) is 0 Å².